The molecule has 0 aliphatic carbocycles. The number of hydrogen-bond acceptors (Lipinski definition) is 3. The van der Waals surface area contributed by atoms with E-state index in [0.717, 1.165) is 22.6 Å². The normalized spacial score (nSPS) is 13.8. The van der Waals surface area contributed by atoms with Gasteiger partial charge in [0.15, 0.2) is 0 Å². The highest BCUT2D eigenvalue weighted by Crippen LogP contribution is 2.41. The molecule has 43 heavy (non-hydrogen) atoms. The van der Waals surface area contributed by atoms with Crippen molar-refractivity contribution in [3.8, 4) is 0 Å². The molecule has 0 amide bonds. The third-order valence-corrected chi connectivity index (χ3v) is 9.34. The topological polar surface area (TPSA) is 3.24 Å². The Balaban J connectivity index is 0.00000101. The summed E-state index contributed by atoms with van der Waals surface area (Å²) in [6.07, 6.45) is 9.29. The van der Waals surface area contributed by atoms with Crippen LogP contribution in [-0.4, -0.2) is 13.1 Å². The molecule has 0 atom stereocenters. The van der Waals surface area contributed by atoms with Crippen molar-refractivity contribution in [3.05, 3.63) is 85.3 Å². The molecule has 2 aliphatic heterocycles. The number of unbranched alkanes of at least 4 members (excludes halogenated alkanes) is 1. The molecule has 0 spiro atoms. The average molecular weight is 618 g/mol. The largest absolute Gasteiger partial charge is 0.371 e. The molecule has 1 nitrogen and oxygen atoms in total. The highest BCUT2D eigenvalue weighted by atomic mass is 32.1. The van der Waals surface area contributed by atoms with Gasteiger partial charge in [-0.05, 0) is 138 Å². The van der Waals surface area contributed by atoms with Gasteiger partial charge in [-0.15, -0.1) is 25.3 Å². The summed E-state index contributed by atoms with van der Waals surface area (Å²) in [5.74, 6) is 0. The van der Waals surface area contributed by atoms with Gasteiger partial charge in [0.05, 0.1) is 0 Å². The third-order valence-electron chi connectivity index (χ3n) is 8.69. The van der Waals surface area contributed by atoms with Gasteiger partial charge in [-0.2, -0.15) is 0 Å². The summed E-state index contributed by atoms with van der Waals surface area (Å²) in [5, 5.41) is 2.58. The van der Waals surface area contributed by atoms with Gasteiger partial charge in [0.25, 0.3) is 0 Å². The Morgan fingerprint density at radius 2 is 1.49 bits per heavy atom. The lowest BCUT2D eigenvalue weighted by Gasteiger charge is -2.38. The Bertz CT molecular complexity index is 1470. The molecule has 3 aromatic carbocycles. The lowest BCUT2D eigenvalue weighted by atomic mass is 9.81. The Kier molecular flexibility index (Phi) is 15.5. The molecule has 3 aromatic rings. The summed E-state index contributed by atoms with van der Waals surface area (Å²) in [6, 6.07) is 11.4. The van der Waals surface area contributed by atoms with E-state index in [9.17, 15) is 0 Å². The van der Waals surface area contributed by atoms with Crippen LogP contribution in [0.15, 0.2) is 40.1 Å². The second-order valence-electron chi connectivity index (χ2n) is 10.9. The second-order valence-corrected chi connectivity index (χ2v) is 11.9. The zero-order chi connectivity index (χ0) is 32.3. The first-order valence-electron chi connectivity index (χ1n) is 17.1. The monoisotopic (exact) mass is 617 g/mol. The molecule has 0 radical (unpaired) electrons. The van der Waals surface area contributed by atoms with Crippen LogP contribution in [0, 0.1) is 13.8 Å². The number of nitrogens with zero attached hydrogens (tertiary/aromatic N) is 1. The molecule has 0 saturated heterocycles. The van der Waals surface area contributed by atoms with E-state index in [-0.39, 0.29) is 0 Å². The van der Waals surface area contributed by atoms with Crippen LogP contribution < -0.4 is 15.3 Å². The number of thiol groups is 2. The van der Waals surface area contributed by atoms with Gasteiger partial charge in [-0.25, -0.2) is 0 Å². The predicted molar refractivity (Wildman–Crippen MR) is 201 cm³/mol. The fraction of sp³-hybridized carbons (Fsp3) is 0.500. The molecule has 0 bridgehead atoms. The van der Waals surface area contributed by atoms with Crippen molar-refractivity contribution < 1.29 is 0 Å². The highest BCUT2D eigenvalue weighted by Gasteiger charge is 2.28. The summed E-state index contributed by atoms with van der Waals surface area (Å²) >= 11 is 9.64. The number of aryl methyl sites for hydroxylation is 2. The molecule has 2 aliphatic rings. The summed E-state index contributed by atoms with van der Waals surface area (Å²) in [4.78, 5) is 4.58. The molecule has 0 fully saturated rings. The Hall–Kier alpha value is -2.10. The maximum atomic E-state index is 5.01. The third kappa shape index (κ3) is 7.95. The van der Waals surface area contributed by atoms with Gasteiger partial charge >= 0.3 is 0 Å². The summed E-state index contributed by atoms with van der Waals surface area (Å²) in [5.41, 5.74) is 14.1. The number of rotatable bonds is 6. The van der Waals surface area contributed by atoms with Crippen molar-refractivity contribution in [1.29, 1.82) is 0 Å². The van der Waals surface area contributed by atoms with Crippen molar-refractivity contribution >= 4 is 43.1 Å². The molecule has 3 heteroatoms. The van der Waals surface area contributed by atoms with Gasteiger partial charge in [0.2, 0.25) is 0 Å². The molecule has 0 N–H and O–H groups in total. The first kappa shape index (κ1) is 37.1. The molecule has 236 valence electrons. The van der Waals surface area contributed by atoms with Gasteiger partial charge < -0.3 is 4.90 Å². The fourth-order valence-electron chi connectivity index (χ4n) is 6.66. The van der Waals surface area contributed by atoms with Crippen LogP contribution >= 0.6 is 25.3 Å². The smallest absolute Gasteiger partial charge is 0.0434 e. The van der Waals surface area contributed by atoms with Gasteiger partial charge in [-0.1, -0.05) is 80.5 Å². The van der Waals surface area contributed by atoms with Crippen LogP contribution in [0.3, 0.4) is 0 Å². The van der Waals surface area contributed by atoms with Crippen LogP contribution in [0.2, 0.25) is 0 Å². The van der Waals surface area contributed by atoms with Crippen molar-refractivity contribution in [2.45, 2.75) is 130 Å². The van der Waals surface area contributed by atoms with Crippen LogP contribution in [0.4, 0.5) is 5.69 Å². The standard InChI is InChI=1S/C34H41NS2.3C2H6/c1-6-8-12-27-21(3)24(7-2)18-30(22(27)4)33(29-15-14-26(36)20-32(29)37)31-19-25-11-9-16-35-17-10-13-28(23(31)5)34(25)35;3*1-2/h14-15,18-20,36-37H,3,6-13,16-17H2,1-2,4-5H3;3*1-2H3/b33-30-;;;. The van der Waals surface area contributed by atoms with E-state index in [1.54, 1.807) is 5.56 Å². The van der Waals surface area contributed by atoms with Gasteiger partial charge in [-0.3, -0.25) is 0 Å². The summed E-state index contributed by atoms with van der Waals surface area (Å²) in [7, 11) is 0. The molecule has 5 rings (SSSR count). The Labute approximate surface area is 275 Å². The maximum Gasteiger partial charge on any atom is 0.0434 e. The molecule has 0 aromatic heterocycles. The van der Waals surface area contributed by atoms with Crippen LogP contribution in [0.25, 0.3) is 12.2 Å². The number of benzene rings is 3. The van der Waals surface area contributed by atoms with Crippen LogP contribution in [-0.2, 0) is 25.7 Å². The van der Waals surface area contributed by atoms with E-state index in [0.29, 0.717) is 0 Å². The lowest BCUT2D eigenvalue weighted by molar-refractivity contribution is 0.632. The zero-order valence-electron chi connectivity index (χ0n) is 29.0. The van der Waals surface area contributed by atoms with Gasteiger partial charge in [0, 0.05) is 28.6 Å². The van der Waals surface area contributed by atoms with Crippen molar-refractivity contribution in [2.24, 2.45) is 0 Å². The van der Waals surface area contributed by atoms with E-state index in [4.69, 9.17) is 12.6 Å². The SMILES string of the molecule is C=c1c(CC)c/c(=C(\c2ccc(S)cc2S)c2cc3c4c(c2C)CCCN4CCC3)c(C)c1CCCC.CC.CC.CC. The average Bonchev–Trinajstić information content (AvgIpc) is 3.04. The first-order chi connectivity index (χ1) is 20.8. The Morgan fingerprint density at radius 1 is 0.837 bits per heavy atom. The highest BCUT2D eigenvalue weighted by molar-refractivity contribution is 7.81. The van der Waals surface area contributed by atoms with Crippen molar-refractivity contribution in [2.75, 3.05) is 18.0 Å². The molecule has 2 heterocycles. The second kappa shape index (κ2) is 18.0. The summed E-state index contributed by atoms with van der Waals surface area (Å²) < 4.78 is 0. The van der Waals surface area contributed by atoms with E-state index in [1.807, 2.05) is 41.5 Å². The number of hydrogen-bond donors (Lipinski definition) is 2. The minimum Gasteiger partial charge on any atom is -0.371 e. The van der Waals surface area contributed by atoms with E-state index in [1.165, 1.54) is 112 Å². The van der Waals surface area contributed by atoms with Crippen LogP contribution in [0.5, 0.6) is 0 Å². The first-order valence-corrected chi connectivity index (χ1v) is 18.0. The Morgan fingerprint density at radius 3 is 2.09 bits per heavy atom. The van der Waals surface area contributed by atoms with Crippen LogP contribution in [0.1, 0.15) is 126 Å². The molecular formula is C40H59NS2. The molecule has 0 saturated carbocycles. The zero-order valence-corrected chi connectivity index (χ0v) is 30.8. The predicted octanol–water partition coefficient (Wildman–Crippen LogP) is 10.2. The van der Waals surface area contributed by atoms with Crippen molar-refractivity contribution in [3.63, 3.8) is 0 Å². The van der Waals surface area contributed by atoms with E-state index in [2.05, 4.69) is 82.1 Å². The minimum atomic E-state index is 0.948. The maximum absolute atomic E-state index is 5.01. The summed E-state index contributed by atoms with van der Waals surface area (Å²) in [6.45, 7) is 28.2. The number of anilines is 1. The van der Waals surface area contributed by atoms with Crippen molar-refractivity contribution in [1.82, 2.24) is 0 Å². The minimum absolute atomic E-state index is 0.948. The fourth-order valence-corrected chi connectivity index (χ4v) is 7.29. The van der Waals surface area contributed by atoms with E-state index >= 15 is 0 Å². The lowest BCUT2D eigenvalue weighted by Crippen LogP contribution is -2.35. The quantitative estimate of drug-likeness (QED) is 0.260. The molecular weight excluding hydrogens is 559 g/mol. The van der Waals surface area contributed by atoms with E-state index < -0.39 is 0 Å². The molecule has 0 unspecified atom stereocenters. The van der Waals surface area contributed by atoms with Gasteiger partial charge in [0.1, 0.15) is 0 Å².